The topological polar surface area (TPSA) is 41.5 Å². The summed E-state index contributed by atoms with van der Waals surface area (Å²) in [6.45, 7) is 0. The molecule has 0 fully saturated rings. The summed E-state index contributed by atoms with van der Waals surface area (Å²) in [6, 6.07) is -0.224. The summed E-state index contributed by atoms with van der Waals surface area (Å²) in [5.74, 6) is 0. The van der Waals surface area contributed by atoms with Crippen LogP contribution in [0.25, 0.3) is 0 Å². The first-order chi connectivity index (χ1) is 5.27. The molecule has 0 spiro atoms. The van der Waals surface area contributed by atoms with Gasteiger partial charge in [0.2, 0.25) is 0 Å². The fourth-order valence-electron chi connectivity index (χ4n) is 1.09. The summed E-state index contributed by atoms with van der Waals surface area (Å²) < 4.78 is 1.04. The normalized spacial score (nSPS) is 27.4. The Labute approximate surface area is 77.4 Å². The summed E-state index contributed by atoms with van der Waals surface area (Å²) in [7, 11) is 0. The SMILES string of the molecule is O=C1N=C2C(I)=CC=CC2N1. The van der Waals surface area contributed by atoms with Crippen molar-refractivity contribution in [2.45, 2.75) is 6.04 Å². The Kier molecular flexibility index (Phi) is 1.56. The van der Waals surface area contributed by atoms with Crippen LogP contribution in [-0.2, 0) is 0 Å². The zero-order valence-electron chi connectivity index (χ0n) is 5.54. The van der Waals surface area contributed by atoms with E-state index in [1.165, 1.54) is 0 Å². The number of nitrogens with one attached hydrogen (secondary N) is 1. The standard InChI is InChI=1S/C7H5IN2O/c8-4-2-1-3-5-6(4)10-7(11)9-5/h1-3,5H,(H,9,11). The van der Waals surface area contributed by atoms with Crippen molar-refractivity contribution >= 4 is 34.3 Å². The van der Waals surface area contributed by atoms with Crippen molar-refractivity contribution < 1.29 is 4.79 Å². The molecule has 0 aromatic carbocycles. The van der Waals surface area contributed by atoms with Gasteiger partial charge in [-0.05, 0) is 28.7 Å². The van der Waals surface area contributed by atoms with E-state index in [1.54, 1.807) is 0 Å². The van der Waals surface area contributed by atoms with Crippen LogP contribution in [0, 0.1) is 0 Å². The molecule has 1 aliphatic heterocycles. The quantitative estimate of drug-likeness (QED) is 0.657. The predicted octanol–water partition coefficient (Wildman–Crippen LogP) is 1.41. The number of carbonyl (C=O) groups is 1. The molecule has 1 aliphatic carbocycles. The zero-order chi connectivity index (χ0) is 7.84. The molecule has 1 atom stereocenters. The highest BCUT2D eigenvalue weighted by Crippen LogP contribution is 2.19. The van der Waals surface area contributed by atoms with Crippen LogP contribution in [0.1, 0.15) is 0 Å². The van der Waals surface area contributed by atoms with Gasteiger partial charge < -0.3 is 5.32 Å². The van der Waals surface area contributed by atoms with Crippen molar-refractivity contribution in [2.75, 3.05) is 0 Å². The molecule has 4 heteroatoms. The molecule has 0 aromatic rings. The Morgan fingerprint density at radius 3 is 3.18 bits per heavy atom. The lowest BCUT2D eigenvalue weighted by molar-refractivity contribution is 0.251. The van der Waals surface area contributed by atoms with E-state index in [9.17, 15) is 4.79 Å². The van der Waals surface area contributed by atoms with Crippen LogP contribution in [0.2, 0.25) is 0 Å². The average molecular weight is 260 g/mol. The maximum Gasteiger partial charge on any atom is 0.342 e. The Balaban J connectivity index is 2.43. The summed E-state index contributed by atoms with van der Waals surface area (Å²) in [4.78, 5) is 14.6. The van der Waals surface area contributed by atoms with Crippen molar-refractivity contribution in [1.82, 2.24) is 5.32 Å². The molecule has 1 N–H and O–H groups in total. The van der Waals surface area contributed by atoms with Crippen LogP contribution < -0.4 is 5.32 Å². The Hall–Kier alpha value is -0.650. The number of rotatable bonds is 0. The molecule has 3 nitrogen and oxygen atoms in total. The summed E-state index contributed by atoms with van der Waals surface area (Å²) >= 11 is 2.17. The van der Waals surface area contributed by atoms with E-state index in [-0.39, 0.29) is 12.1 Å². The minimum atomic E-state index is -0.237. The fourth-order valence-corrected chi connectivity index (χ4v) is 1.75. The fraction of sp³-hybridized carbons (Fsp3) is 0.143. The van der Waals surface area contributed by atoms with E-state index in [4.69, 9.17) is 0 Å². The molecular formula is C7H5IN2O. The monoisotopic (exact) mass is 260 g/mol. The van der Waals surface area contributed by atoms with Crippen molar-refractivity contribution in [2.24, 2.45) is 4.99 Å². The molecule has 0 saturated heterocycles. The van der Waals surface area contributed by atoms with E-state index >= 15 is 0 Å². The molecule has 0 bridgehead atoms. The number of nitrogens with zero attached hydrogens (tertiary/aromatic N) is 1. The van der Waals surface area contributed by atoms with Crippen LogP contribution in [0.3, 0.4) is 0 Å². The second kappa shape index (κ2) is 2.44. The number of allylic oxidation sites excluding steroid dienone is 2. The minimum Gasteiger partial charge on any atom is -0.324 e. The summed E-state index contributed by atoms with van der Waals surface area (Å²) in [5, 5.41) is 2.71. The second-order valence-electron chi connectivity index (χ2n) is 2.32. The number of amides is 2. The largest absolute Gasteiger partial charge is 0.342 e. The predicted molar refractivity (Wildman–Crippen MR) is 51.0 cm³/mol. The number of halogens is 1. The van der Waals surface area contributed by atoms with E-state index in [0.717, 1.165) is 9.29 Å². The maximum atomic E-state index is 10.8. The van der Waals surface area contributed by atoms with Crippen LogP contribution in [0.15, 0.2) is 26.8 Å². The molecule has 2 amide bonds. The number of aliphatic imine (C=N–C) groups is 1. The van der Waals surface area contributed by atoms with Gasteiger partial charge in [-0.15, -0.1) is 0 Å². The highest BCUT2D eigenvalue weighted by atomic mass is 127. The van der Waals surface area contributed by atoms with E-state index in [0.29, 0.717) is 0 Å². The number of fused-ring (bicyclic) bond motifs is 1. The maximum absolute atomic E-state index is 10.8. The molecule has 1 unspecified atom stereocenters. The van der Waals surface area contributed by atoms with Crippen molar-refractivity contribution in [3.05, 3.63) is 21.8 Å². The Morgan fingerprint density at radius 2 is 2.45 bits per heavy atom. The van der Waals surface area contributed by atoms with Gasteiger partial charge in [-0.25, -0.2) is 4.79 Å². The summed E-state index contributed by atoms with van der Waals surface area (Å²) in [5.41, 5.74) is 0.845. The van der Waals surface area contributed by atoms with Crippen molar-refractivity contribution in [1.29, 1.82) is 0 Å². The van der Waals surface area contributed by atoms with Crippen LogP contribution in [0.4, 0.5) is 4.79 Å². The van der Waals surface area contributed by atoms with Gasteiger partial charge in [0, 0.05) is 3.58 Å². The zero-order valence-corrected chi connectivity index (χ0v) is 7.70. The number of hydrogen-bond donors (Lipinski definition) is 1. The third-order valence-electron chi connectivity index (χ3n) is 1.59. The highest BCUT2D eigenvalue weighted by Gasteiger charge is 2.26. The molecule has 0 saturated carbocycles. The Bertz CT molecular complexity index is 304. The first-order valence-corrected chi connectivity index (χ1v) is 4.29. The average Bonchev–Trinajstić information content (AvgIpc) is 2.31. The van der Waals surface area contributed by atoms with Crippen LogP contribution >= 0.6 is 22.6 Å². The molecular weight excluding hydrogens is 255 g/mol. The van der Waals surface area contributed by atoms with Gasteiger partial charge in [-0.2, -0.15) is 4.99 Å². The first-order valence-electron chi connectivity index (χ1n) is 3.21. The third-order valence-corrected chi connectivity index (χ3v) is 2.50. The van der Waals surface area contributed by atoms with Crippen LogP contribution in [0.5, 0.6) is 0 Å². The smallest absolute Gasteiger partial charge is 0.324 e. The van der Waals surface area contributed by atoms with Crippen molar-refractivity contribution in [3.63, 3.8) is 0 Å². The number of urea groups is 1. The molecule has 2 aliphatic rings. The first kappa shape index (κ1) is 7.02. The second-order valence-corrected chi connectivity index (χ2v) is 3.49. The third kappa shape index (κ3) is 1.11. The number of hydrogen-bond acceptors (Lipinski definition) is 1. The highest BCUT2D eigenvalue weighted by molar-refractivity contribution is 14.1. The molecule has 0 aromatic heterocycles. The van der Waals surface area contributed by atoms with Crippen molar-refractivity contribution in [3.8, 4) is 0 Å². The van der Waals surface area contributed by atoms with Gasteiger partial charge in [-0.1, -0.05) is 12.2 Å². The minimum absolute atomic E-state index is 0.0133. The van der Waals surface area contributed by atoms with Gasteiger partial charge in [-0.3, -0.25) is 0 Å². The van der Waals surface area contributed by atoms with Crippen LogP contribution in [-0.4, -0.2) is 17.8 Å². The molecule has 11 heavy (non-hydrogen) atoms. The van der Waals surface area contributed by atoms with Gasteiger partial charge in [0.15, 0.2) is 0 Å². The molecule has 56 valence electrons. The molecule has 0 radical (unpaired) electrons. The number of carbonyl (C=O) groups excluding carboxylic acids is 1. The lowest BCUT2D eigenvalue weighted by atomic mass is 10.1. The molecule has 1 heterocycles. The van der Waals surface area contributed by atoms with E-state index < -0.39 is 0 Å². The molecule has 2 rings (SSSR count). The Morgan fingerprint density at radius 1 is 1.64 bits per heavy atom. The lowest BCUT2D eigenvalue weighted by Crippen LogP contribution is -2.30. The van der Waals surface area contributed by atoms with Gasteiger partial charge in [0.05, 0.1) is 11.8 Å². The lowest BCUT2D eigenvalue weighted by Gasteiger charge is -2.10. The van der Waals surface area contributed by atoms with E-state index in [2.05, 4.69) is 32.9 Å². The summed E-state index contributed by atoms with van der Waals surface area (Å²) in [6.07, 6.45) is 5.79. The van der Waals surface area contributed by atoms with E-state index in [1.807, 2.05) is 18.2 Å². The van der Waals surface area contributed by atoms with Gasteiger partial charge in [0.1, 0.15) is 0 Å². The van der Waals surface area contributed by atoms with Gasteiger partial charge in [0.25, 0.3) is 0 Å². The van der Waals surface area contributed by atoms with Gasteiger partial charge >= 0.3 is 6.03 Å².